The quantitative estimate of drug-likeness (QED) is 0.283. The number of imide groups is 1. The van der Waals surface area contributed by atoms with Crippen molar-refractivity contribution in [3.8, 4) is 11.5 Å². The van der Waals surface area contributed by atoms with Gasteiger partial charge in [0.2, 0.25) is 5.76 Å². The predicted molar refractivity (Wildman–Crippen MR) is 125 cm³/mol. The average molecular weight is 551 g/mol. The summed E-state index contributed by atoms with van der Waals surface area (Å²) in [6.07, 6.45) is 0.587. The molecular weight excluding hydrogens is 528 g/mol. The van der Waals surface area contributed by atoms with Gasteiger partial charge in [0.15, 0.2) is 17.6 Å². The third-order valence-corrected chi connectivity index (χ3v) is 5.39. The lowest BCUT2D eigenvalue weighted by molar-refractivity contribution is -0.150. The second-order valence-electron chi connectivity index (χ2n) is 7.18. The number of ether oxygens (including phenoxy) is 4. The first kappa shape index (κ1) is 25.8. The zero-order chi connectivity index (χ0) is 25.7. The molecule has 0 saturated carbocycles. The summed E-state index contributed by atoms with van der Waals surface area (Å²) in [7, 11) is 2.64. The molecule has 1 aliphatic rings. The molecule has 1 aromatic heterocycles. The van der Waals surface area contributed by atoms with Gasteiger partial charge in [-0.2, -0.15) is 0 Å². The van der Waals surface area contributed by atoms with E-state index in [4.69, 9.17) is 18.6 Å². The topological polar surface area (TPSA) is 134 Å². The Morgan fingerprint density at radius 2 is 1.97 bits per heavy atom. The Morgan fingerprint density at radius 1 is 1.23 bits per heavy atom. The predicted octanol–water partition coefficient (Wildman–Crippen LogP) is 3.26. The van der Waals surface area contributed by atoms with E-state index in [0.717, 1.165) is 4.90 Å². The van der Waals surface area contributed by atoms with E-state index in [0.29, 0.717) is 15.8 Å². The average Bonchev–Trinajstić information content (AvgIpc) is 3.40. The summed E-state index contributed by atoms with van der Waals surface area (Å²) < 4.78 is 26.4. The van der Waals surface area contributed by atoms with Gasteiger partial charge in [0.1, 0.15) is 11.5 Å². The highest BCUT2D eigenvalue weighted by molar-refractivity contribution is 9.10. The van der Waals surface area contributed by atoms with Gasteiger partial charge in [0.05, 0.1) is 31.8 Å². The number of hydrogen-bond donors (Lipinski definition) is 1. The zero-order valence-corrected chi connectivity index (χ0v) is 21.0. The van der Waals surface area contributed by atoms with E-state index >= 15 is 0 Å². The minimum absolute atomic E-state index is 0.0252. The van der Waals surface area contributed by atoms with Crippen LogP contribution in [0.1, 0.15) is 35.7 Å². The number of benzene rings is 1. The van der Waals surface area contributed by atoms with Crippen LogP contribution >= 0.6 is 15.9 Å². The van der Waals surface area contributed by atoms with Crippen molar-refractivity contribution in [1.29, 1.82) is 0 Å². The highest BCUT2D eigenvalue weighted by atomic mass is 79.9. The van der Waals surface area contributed by atoms with E-state index in [1.807, 2.05) is 0 Å². The fourth-order valence-electron chi connectivity index (χ4n) is 3.13. The fourth-order valence-corrected chi connectivity index (χ4v) is 3.69. The maximum atomic E-state index is 12.8. The summed E-state index contributed by atoms with van der Waals surface area (Å²) in [6.45, 7) is 3.29. The van der Waals surface area contributed by atoms with Crippen molar-refractivity contribution in [1.82, 2.24) is 10.2 Å². The van der Waals surface area contributed by atoms with Crippen LogP contribution in [0.15, 0.2) is 38.9 Å². The maximum absolute atomic E-state index is 12.8. The Bertz CT molecular complexity index is 1190. The number of furan rings is 1. The normalized spacial score (nSPS) is 15.1. The first-order valence-corrected chi connectivity index (χ1v) is 11.2. The molecule has 1 saturated heterocycles. The number of hydrogen-bond acceptors (Lipinski definition) is 9. The van der Waals surface area contributed by atoms with Gasteiger partial charge in [-0.1, -0.05) is 0 Å². The summed E-state index contributed by atoms with van der Waals surface area (Å²) in [6, 6.07) is 5.45. The summed E-state index contributed by atoms with van der Waals surface area (Å²) in [5.74, 6) is -1.02. The third-order valence-electron chi connectivity index (χ3n) is 4.80. The van der Waals surface area contributed by atoms with E-state index in [1.54, 1.807) is 26.0 Å². The zero-order valence-electron chi connectivity index (χ0n) is 19.4. The number of carbonyl (C=O) groups excluding carboxylic acids is 4. The van der Waals surface area contributed by atoms with Crippen LogP contribution in [0, 0.1) is 0 Å². The molecule has 0 bridgehead atoms. The SMILES string of the molecule is CCOC(=O)[C@H](C)Oc1c(Br)cc(/C=C2\NC(=O)N(Cc3ccc(C(=O)OC)o3)C2=O)cc1OC. The second kappa shape index (κ2) is 11.1. The van der Waals surface area contributed by atoms with Gasteiger partial charge in [-0.3, -0.25) is 9.69 Å². The molecule has 0 unspecified atom stereocenters. The van der Waals surface area contributed by atoms with Crippen molar-refractivity contribution < 1.29 is 42.5 Å². The first-order valence-electron chi connectivity index (χ1n) is 10.4. The summed E-state index contributed by atoms with van der Waals surface area (Å²) in [5, 5.41) is 2.51. The molecule has 3 rings (SSSR count). The van der Waals surface area contributed by atoms with Crippen LogP contribution < -0.4 is 14.8 Å². The molecule has 2 heterocycles. The summed E-state index contributed by atoms with van der Waals surface area (Å²) in [5.41, 5.74) is 0.540. The van der Waals surface area contributed by atoms with Crippen LogP contribution in [-0.4, -0.2) is 55.7 Å². The Balaban J connectivity index is 1.80. The number of rotatable bonds is 9. The largest absolute Gasteiger partial charge is 0.493 e. The standard InChI is InChI=1S/C23H23BrN2O9/c1-5-33-21(28)12(2)34-19-15(24)8-13(10-18(19)31-3)9-16-20(27)26(23(30)25-16)11-14-6-7-17(35-14)22(29)32-4/h6-10,12H,5,11H2,1-4H3,(H,25,30)/b16-9-/t12-/m0/s1. The number of nitrogens with zero attached hydrogens (tertiary/aromatic N) is 1. The lowest BCUT2D eigenvalue weighted by Gasteiger charge is -2.17. The van der Waals surface area contributed by atoms with Crippen LogP contribution in [0.4, 0.5) is 4.79 Å². The van der Waals surface area contributed by atoms with Crippen LogP contribution in [0.25, 0.3) is 6.08 Å². The molecule has 11 nitrogen and oxygen atoms in total. The Morgan fingerprint density at radius 3 is 2.63 bits per heavy atom. The van der Waals surface area contributed by atoms with E-state index in [1.165, 1.54) is 32.4 Å². The number of amides is 3. The highest BCUT2D eigenvalue weighted by Gasteiger charge is 2.34. The Hall–Kier alpha value is -3.80. The van der Waals surface area contributed by atoms with Crippen molar-refractivity contribution in [2.45, 2.75) is 26.5 Å². The molecule has 186 valence electrons. The molecule has 3 amide bonds. The number of nitrogens with one attached hydrogen (secondary N) is 1. The van der Waals surface area contributed by atoms with Crippen LogP contribution in [0.3, 0.4) is 0 Å². The molecule has 1 aliphatic heterocycles. The van der Waals surface area contributed by atoms with Crippen LogP contribution in [0.5, 0.6) is 11.5 Å². The number of methoxy groups -OCH3 is 2. The van der Waals surface area contributed by atoms with Crippen molar-refractivity contribution in [2.75, 3.05) is 20.8 Å². The van der Waals surface area contributed by atoms with E-state index < -0.39 is 30.0 Å². The second-order valence-corrected chi connectivity index (χ2v) is 8.04. The summed E-state index contributed by atoms with van der Waals surface area (Å²) in [4.78, 5) is 49.6. The molecular formula is C23H23BrN2O9. The monoisotopic (exact) mass is 550 g/mol. The molecule has 1 atom stereocenters. The Kier molecular flexibility index (Phi) is 8.18. The molecule has 1 aromatic carbocycles. The number of carbonyl (C=O) groups is 4. The van der Waals surface area contributed by atoms with Gasteiger partial charge in [-0.15, -0.1) is 0 Å². The molecule has 0 aliphatic carbocycles. The number of esters is 2. The van der Waals surface area contributed by atoms with Crippen LogP contribution in [0.2, 0.25) is 0 Å². The highest BCUT2D eigenvalue weighted by Crippen LogP contribution is 2.38. The van der Waals surface area contributed by atoms with Gasteiger partial charge < -0.3 is 28.7 Å². The van der Waals surface area contributed by atoms with Gasteiger partial charge in [-0.05, 0) is 65.7 Å². The molecule has 1 fully saturated rings. The lowest BCUT2D eigenvalue weighted by atomic mass is 10.1. The van der Waals surface area contributed by atoms with E-state index in [9.17, 15) is 19.2 Å². The van der Waals surface area contributed by atoms with Gasteiger partial charge >= 0.3 is 18.0 Å². The van der Waals surface area contributed by atoms with Crippen molar-refractivity contribution in [2.24, 2.45) is 0 Å². The van der Waals surface area contributed by atoms with Crippen molar-refractivity contribution in [3.05, 3.63) is 51.5 Å². The van der Waals surface area contributed by atoms with E-state index in [-0.39, 0.29) is 36.1 Å². The number of urea groups is 1. The molecule has 12 heteroatoms. The molecule has 1 N–H and O–H groups in total. The fraction of sp³-hybridized carbons (Fsp3) is 0.304. The maximum Gasteiger partial charge on any atom is 0.373 e. The third kappa shape index (κ3) is 5.83. The van der Waals surface area contributed by atoms with Gasteiger partial charge in [0.25, 0.3) is 5.91 Å². The van der Waals surface area contributed by atoms with Crippen LogP contribution in [-0.2, 0) is 25.6 Å². The molecule has 0 radical (unpaired) electrons. The molecule has 0 spiro atoms. The minimum atomic E-state index is -0.880. The number of halogens is 1. The first-order chi connectivity index (χ1) is 16.7. The van der Waals surface area contributed by atoms with Gasteiger partial charge in [-0.25, -0.2) is 14.4 Å². The minimum Gasteiger partial charge on any atom is -0.493 e. The Labute approximate surface area is 209 Å². The summed E-state index contributed by atoms with van der Waals surface area (Å²) >= 11 is 3.39. The van der Waals surface area contributed by atoms with E-state index in [2.05, 4.69) is 26.0 Å². The smallest absolute Gasteiger partial charge is 0.373 e. The van der Waals surface area contributed by atoms with Crippen molar-refractivity contribution in [3.63, 3.8) is 0 Å². The lowest BCUT2D eigenvalue weighted by Crippen LogP contribution is -2.30. The molecule has 35 heavy (non-hydrogen) atoms. The molecule has 2 aromatic rings. The van der Waals surface area contributed by atoms with Gasteiger partial charge in [0, 0.05) is 0 Å². The van der Waals surface area contributed by atoms with Crippen molar-refractivity contribution >= 4 is 45.9 Å².